The second kappa shape index (κ2) is 9.33. The van der Waals surface area contributed by atoms with Gasteiger partial charge in [-0.3, -0.25) is 0 Å². The zero-order valence-corrected chi connectivity index (χ0v) is 21.2. The Kier molecular flexibility index (Phi) is 6.54. The maximum absolute atomic E-state index is 14.6. The van der Waals surface area contributed by atoms with Crippen molar-refractivity contribution in [3.05, 3.63) is 41.0 Å². The highest BCUT2D eigenvalue weighted by atomic mass is 19.4. The highest BCUT2D eigenvalue weighted by molar-refractivity contribution is 5.68. The average Bonchev–Trinajstić information content (AvgIpc) is 3.31. The molecule has 1 aromatic carbocycles. The van der Waals surface area contributed by atoms with Crippen LogP contribution in [0, 0.1) is 35.2 Å². The molecule has 2 aliphatic heterocycles. The molecule has 0 spiro atoms. The summed E-state index contributed by atoms with van der Waals surface area (Å²) in [7, 11) is 0. The van der Waals surface area contributed by atoms with E-state index in [4.69, 9.17) is 4.74 Å². The number of hydrogen-bond acceptors (Lipinski definition) is 5. The first-order valence-corrected chi connectivity index (χ1v) is 12.6. The van der Waals surface area contributed by atoms with Crippen LogP contribution in [0.15, 0.2) is 12.1 Å². The second-order valence-electron chi connectivity index (χ2n) is 11.4. The van der Waals surface area contributed by atoms with Crippen LogP contribution in [-0.2, 0) is 11.3 Å². The van der Waals surface area contributed by atoms with Gasteiger partial charge < -0.3 is 15.0 Å². The van der Waals surface area contributed by atoms with Gasteiger partial charge in [0.05, 0.1) is 12.5 Å². The van der Waals surface area contributed by atoms with Crippen LogP contribution in [0.1, 0.15) is 57.3 Å². The van der Waals surface area contributed by atoms with Crippen LogP contribution in [0.2, 0.25) is 0 Å². The van der Waals surface area contributed by atoms with E-state index in [9.17, 15) is 31.1 Å². The maximum atomic E-state index is 14.6. The number of benzene rings is 1. The summed E-state index contributed by atoms with van der Waals surface area (Å²) in [6, 6.07) is 1.53. The topological polar surface area (TPSA) is 72.3 Å². The highest BCUT2D eigenvalue weighted by Gasteiger charge is 2.48. The van der Waals surface area contributed by atoms with Crippen LogP contribution < -0.4 is 5.32 Å². The fourth-order valence-electron chi connectivity index (χ4n) is 5.88. The molecule has 13 heteroatoms. The molecule has 3 heterocycles. The van der Waals surface area contributed by atoms with Crippen molar-refractivity contribution < 1.29 is 35.9 Å². The van der Waals surface area contributed by atoms with Gasteiger partial charge in [0.15, 0.2) is 17.5 Å². The van der Waals surface area contributed by atoms with Gasteiger partial charge in [-0.25, -0.2) is 22.6 Å². The Balaban J connectivity index is 1.39. The summed E-state index contributed by atoms with van der Waals surface area (Å²) in [6.45, 7) is 5.78. The van der Waals surface area contributed by atoms with Crippen molar-refractivity contribution in [1.82, 2.24) is 19.7 Å². The number of amides is 1. The van der Waals surface area contributed by atoms with E-state index in [2.05, 4.69) is 15.4 Å². The summed E-state index contributed by atoms with van der Waals surface area (Å²) in [6.07, 6.45) is -3.87. The first kappa shape index (κ1) is 26.6. The standard InChI is InChI=1S/C25H29F6N5O2/c1-24(2,3)38-23(37)35-9-12-4-5-13(10-35)20(12)32-22-33-21-16(15-6-7-17(26)19(28)18(15)27)8-14(25(29,30)31)11-36(21)34-22/h6-7,12-14,16,20H,4-5,8-11H2,1-3H3,(H,32,34). The van der Waals surface area contributed by atoms with Crippen LogP contribution in [0.3, 0.4) is 0 Å². The normalized spacial score (nSPS) is 27.3. The lowest BCUT2D eigenvalue weighted by atomic mass is 9.84. The Labute approximate surface area is 215 Å². The fraction of sp³-hybridized carbons (Fsp3) is 0.640. The number of piperidine rings is 1. The van der Waals surface area contributed by atoms with Crippen molar-refractivity contribution in [2.24, 2.45) is 17.8 Å². The SMILES string of the molecule is CC(C)(C)OC(=O)N1CC2CCC(C1)C2Nc1nc2n(n1)CC(C(F)(F)F)CC2c1ccc(F)c(F)c1F. The predicted octanol–water partition coefficient (Wildman–Crippen LogP) is 5.47. The monoisotopic (exact) mass is 545 g/mol. The molecule has 208 valence electrons. The molecule has 4 atom stereocenters. The molecular weight excluding hydrogens is 516 g/mol. The molecule has 1 aliphatic carbocycles. The van der Waals surface area contributed by atoms with Gasteiger partial charge in [0.25, 0.3) is 0 Å². The van der Waals surface area contributed by atoms with Crippen LogP contribution in [0.5, 0.6) is 0 Å². The third kappa shape index (κ3) is 5.03. The number of nitrogens with one attached hydrogen (secondary N) is 1. The van der Waals surface area contributed by atoms with E-state index >= 15 is 0 Å². The molecule has 1 aromatic heterocycles. The molecule has 2 fully saturated rings. The minimum Gasteiger partial charge on any atom is -0.444 e. The number of rotatable bonds is 3. The van der Waals surface area contributed by atoms with Crippen molar-refractivity contribution >= 4 is 12.0 Å². The van der Waals surface area contributed by atoms with Crippen molar-refractivity contribution in [2.45, 2.75) is 70.3 Å². The molecule has 1 saturated heterocycles. The average molecular weight is 546 g/mol. The molecule has 1 N–H and O–H groups in total. The molecule has 1 saturated carbocycles. The third-order valence-corrected chi connectivity index (χ3v) is 7.61. The Morgan fingerprint density at radius 1 is 1.03 bits per heavy atom. The molecule has 4 unspecified atom stereocenters. The maximum Gasteiger partial charge on any atom is 0.410 e. The van der Waals surface area contributed by atoms with E-state index in [0.29, 0.717) is 19.2 Å². The first-order valence-electron chi connectivity index (χ1n) is 12.6. The molecule has 2 aromatic rings. The van der Waals surface area contributed by atoms with Crippen LogP contribution in [0.25, 0.3) is 0 Å². The number of alkyl halides is 3. The summed E-state index contributed by atoms with van der Waals surface area (Å²) in [4.78, 5) is 18.6. The quantitative estimate of drug-likeness (QED) is 0.409. The van der Waals surface area contributed by atoms with Crippen LogP contribution in [0.4, 0.5) is 37.1 Å². The number of hydrogen-bond donors (Lipinski definition) is 1. The van der Waals surface area contributed by atoms with Crippen molar-refractivity contribution in [2.75, 3.05) is 18.4 Å². The zero-order chi connectivity index (χ0) is 27.6. The van der Waals surface area contributed by atoms with Gasteiger partial charge in [0, 0.05) is 30.6 Å². The number of fused-ring (bicyclic) bond motifs is 3. The summed E-state index contributed by atoms with van der Waals surface area (Å²) < 4.78 is 89.9. The Bertz CT molecular complexity index is 1210. The Hall–Kier alpha value is -2.99. The summed E-state index contributed by atoms with van der Waals surface area (Å²) in [5.74, 6) is -7.57. The van der Waals surface area contributed by atoms with Crippen LogP contribution in [-0.4, -0.2) is 56.7 Å². The molecule has 5 rings (SSSR count). The van der Waals surface area contributed by atoms with E-state index < -0.39 is 65.7 Å². The Morgan fingerprint density at radius 2 is 1.68 bits per heavy atom. The van der Waals surface area contributed by atoms with E-state index in [-0.39, 0.29) is 29.7 Å². The smallest absolute Gasteiger partial charge is 0.410 e. The highest BCUT2D eigenvalue weighted by Crippen LogP contribution is 2.44. The van der Waals surface area contributed by atoms with Gasteiger partial charge in [-0.05, 0) is 57.9 Å². The van der Waals surface area contributed by atoms with Crippen LogP contribution >= 0.6 is 0 Å². The minimum atomic E-state index is -4.60. The molecule has 2 bridgehead atoms. The minimum absolute atomic E-state index is 0.0523. The largest absolute Gasteiger partial charge is 0.444 e. The fourth-order valence-corrected chi connectivity index (χ4v) is 5.88. The number of halogens is 6. The molecule has 3 aliphatic rings. The van der Waals surface area contributed by atoms with Crippen molar-refractivity contribution in [1.29, 1.82) is 0 Å². The van der Waals surface area contributed by atoms with Gasteiger partial charge in [-0.2, -0.15) is 18.2 Å². The van der Waals surface area contributed by atoms with Gasteiger partial charge in [-0.15, -0.1) is 5.10 Å². The number of carbonyl (C=O) groups is 1. The van der Waals surface area contributed by atoms with E-state index in [1.54, 1.807) is 25.7 Å². The number of aromatic nitrogens is 3. The number of likely N-dealkylation sites (tertiary alicyclic amines) is 1. The van der Waals surface area contributed by atoms with Gasteiger partial charge in [0.1, 0.15) is 11.4 Å². The molecule has 0 radical (unpaired) electrons. The van der Waals surface area contributed by atoms with Crippen molar-refractivity contribution in [3.63, 3.8) is 0 Å². The Morgan fingerprint density at radius 3 is 2.29 bits per heavy atom. The van der Waals surface area contributed by atoms with Gasteiger partial charge in [-0.1, -0.05) is 6.07 Å². The number of carbonyl (C=O) groups excluding carboxylic acids is 1. The summed E-state index contributed by atoms with van der Waals surface area (Å²) in [5.41, 5.74) is -1.02. The van der Waals surface area contributed by atoms with Gasteiger partial charge >= 0.3 is 12.3 Å². The summed E-state index contributed by atoms with van der Waals surface area (Å²) in [5, 5.41) is 7.49. The zero-order valence-electron chi connectivity index (χ0n) is 21.2. The number of anilines is 1. The van der Waals surface area contributed by atoms with E-state index in [0.717, 1.165) is 23.6 Å². The van der Waals surface area contributed by atoms with Crippen molar-refractivity contribution in [3.8, 4) is 0 Å². The van der Waals surface area contributed by atoms with E-state index in [1.807, 2.05) is 0 Å². The second-order valence-corrected chi connectivity index (χ2v) is 11.4. The lowest BCUT2D eigenvalue weighted by molar-refractivity contribution is -0.184. The first-order chi connectivity index (χ1) is 17.7. The van der Waals surface area contributed by atoms with Gasteiger partial charge in [0.2, 0.25) is 5.95 Å². The molecule has 7 nitrogen and oxygen atoms in total. The molecule has 38 heavy (non-hydrogen) atoms. The van der Waals surface area contributed by atoms with E-state index in [1.165, 1.54) is 0 Å². The number of ether oxygens (including phenoxy) is 1. The number of nitrogens with zero attached hydrogens (tertiary/aromatic N) is 4. The predicted molar refractivity (Wildman–Crippen MR) is 124 cm³/mol. The summed E-state index contributed by atoms with van der Waals surface area (Å²) >= 11 is 0. The third-order valence-electron chi connectivity index (χ3n) is 7.61. The lowest BCUT2D eigenvalue weighted by Gasteiger charge is -2.38. The lowest BCUT2D eigenvalue weighted by Crippen LogP contribution is -2.51. The molecular formula is C25H29F6N5O2. The molecule has 1 amide bonds.